The highest BCUT2D eigenvalue weighted by Crippen LogP contribution is 2.13. The number of amides is 1. The van der Waals surface area contributed by atoms with E-state index in [1.807, 2.05) is 0 Å². The third-order valence-corrected chi connectivity index (χ3v) is 4.36. The largest absolute Gasteiger partial charge is 0.381 e. The lowest BCUT2D eigenvalue weighted by molar-refractivity contribution is -0.125. The van der Waals surface area contributed by atoms with Crippen molar-refractivity contribution in [3.8, 4) is 0 Å². The summed E-state index contributed by atoms with van der Waals surface area (Å²) in [5.41, 5.74) is 0. The fourth-order valence-corrected chi connectivity index (χ4v) is 2.98. The maximum absolute atomic E-state index is 12.4. The minimum absolute atomic E-state index is 0.102. The Bertz CT molecular complexity index is 311. The van der Waals surface area contributed by atoms with E-state index >= 15 is 0 Å². The number of hydrogen-bond acceptors (Lipinski definition) is 4. The molecule has 5 heteroatoms. The topological polar surface area (TPSA) is 59.6 Å². The average molecular weight is 298 g/mol. The van der Waals surface area contributed by atoms with Gasteiger partial charge in [-0.25, -0.2) is 0 Å². The quantitative estimate of drug-likeness (QED) is 0.779. The lowest BCUT2D eigenvalue weighted by atomic mass is 9.99. The molecule has 0 spiro atoms. The van der Waals surface area contributed by atoms with Gasteiger partial charge in [0.1, 0.15) is 0 Å². The van der Waals surface area contributed by atoms with Gasteiger partial charge in [-0.05, 0) is 38.0 Å². The Labute approximate surface area is 128 Å². The van der Waals surface area contributed by atoms with Crippen LogP contribution in [-0.4, -0.2) is 50.5 Å². The van der Waals surface area contributed by atoms with Gasteiger partial charge in [-0.2, -0.15) is 0 Å². The summed E-state index contributed by atoms with van der Waals surface area (Å²) in [6, 6.07) is 0.263. The van der Waals surface area contributed by atoms with Crippen LogP contribution in [0.5, 0.6) is 0 Å². The summed E-state index contributed by atoms with van der Waals surface area (Å²) in [5, 5.41) is 6.58. The second kappa shape index (κ2) is 8.71. The van der Waals surface area contributed by atoms with Crippen LogP contribution in [0.1, 0.15) is 46.0 Å². The Morgan fingerprint density at radius 1 is 1.14 bits per heavy atom. The zero-order chi connectivity index (χ0) is 15.1. The van der Waals surface area contributed by atoms with Crippen LogP contribution >= 0.6 is 0 Å². The van der Waals surface area contributed by atoms with Gasteiger partial charge in [0, 0.05) is 32.4 Å². The van der Waals surface area contributed by atoms with Gasteiger partial charge in [-0.15, -0.1) is 0 Å². The lowest BCUT2D eigenvalue weighted by Gasteiger charge is -2.30. The van der Waals surface area contributed by atoms with Crippen LogP contribution in [-0.2, 0) is 14.3 Å². The van der Waals surface area contributed by atoms with Crippen molar-refractivity contribution in [1.29, 1.82) is 0 Å². The first-order valence-electron chi connectivity index (χ1n) is 8.40. The highest BCUT2D eigenvalue weighted by Gasteiger charge is 2.26. The molecule has 0 bridgehead atoms. The molecule has 0 aliphatic carbocycles. The normalized spacial score (nSPS) is 25.8. The molecular formula is C16H30N2O3. The second-order valence-electron chi connectivity index (χ2n) is 6.51. The maximum atomic E-state index is 12.4. The SMILES string of the molecule is CC(C)[C@@H](NC1CCOCC1)C(=O)NC[C@@H]1CCCCO1. The first kappa shape index (κ1) is 16.7. The molecule has 122 valence electrons. The first-order valence-corrected chi connectivity index (χ1v) is 8.40. The fraction of sp³-hybridized carbons (Fsp3) is 0.938. The van der Waals surface area contributed by atoms with E-state index in [2.05, 4.69) is 24.5 Å². The molecule has 1 amide bonds. The minimum Gasteiger partial charge on any atom is -0.381 e. The predicted molar refractivity (Wildman–Crippen MR) is 82.2 cm³/mol. The molecule has 2 N–H and O–H groups in total. The van der Waals surface area contributed by atoms with Crippen molar-refractivity contribution in [3.63, 3.8) is 0 Å². The number of rotatable bonds is 6. The molecule has 21 heavy (non-hydrogen) atoms. The van der Waals surface area contributed by atoms with Crippen LogP contribution in [0.25, 0.3) is 0 Å². The standard InChI is InChI=1S/C16H30N2O3/c1-12(2)15(18-13-6-9-20-10-7-13)16(19)17-11-14-5-3-4-8-21-14/h12-15,18H,3-11H2,1-2H3,(H,17,19)/t14-,15+/m0/s1. The molecule has 0 radical (unpaired) electrons. The van der Waals surface area contributed by atoms with Crippen LogP contribution < -0.4 is 10.6 Å². The van der Waals surface area contributed by atoms with E-state index in [9.17, 15) is 4.79 Å². The summed E-state index contributed by atoms with van der Waals surface area (Å²) in [6.07, 6.45) is 5.57. The van der Waals surface area contributed by atoms with Crippen molar-refractivity contribution in [2.45, 2.75) is 64.1 Å². The van der Waals surface area contributed by atoms with Gasteiger partial charge in [0.2, 0.25) is 5.91 Å². The van der Waals surface area contributed by atoms with Gasteiger partial charge in [0.25, 0.3) is 0 Å². The number of hydrogen-bond donors (Lipinski definition) is 2. The molecule has 2 atom stereocenters. The lowest BCUT2D eigenvalue weighted by Crippen LogP contribution is -2.53. The predicted octanol–water partition coefficient (Wildman–Crippen LogP) is 1.46. The van der Waals surface area contributed by atoms with Crippen molar-refractivity contribution >= 4 is 5.91 Å². The van der Waals surface area contributed by atoms with Crippen LogP contribution in [0, 0.1) is 5.92 Å². The zero-order valence-electron chi connectivity index (χ0n) is 13.4. The summed E-state index contributed by atoms with van der Waals surface area (Å²) >= 11 is 0. The van der Waals surface area contributed by atoms with Crippen molar-refractivity contribution in [1.82, 2.24) is 10.6 Å². The summed E-state index contributed by atoms with van der Waals surface area (Å²) in [5.74, 6) is 0.380. The second-order valence-corrected chi connectivity index (χ2v) is 6.51. The average Bonchev–Trinajstić information content (AvgIpc) is 2.52. The van der Waals surface area contributed by atoms with Crippen LogP contribution in [0.4, 0.5) is 0 Å². The molecule has 0 unspecified atom stereocenters. The monoisotopic (exact) mass is 298 g/mol. The van der Waals surface area contributed by atoms with Crippen molar-refractivity contribution < 1.29 is 14.3 Å². The molecule has 2 saturated heterocycles. The minimum atomic E-state index is -0.128. The zero-order valence-corrected chi connectivity index (χ0v) is 13.4. The van der Waals surface area contributed by atoms with Gasteiger partial charge in [0.05, 0.1) is 12.1 Å². The maximum Gasteiger partial charge on any atom is 0.237 e. The Morgan fingerprint density at radius 2 is 1.90 bits per heavy atom. The number of carbonyl (C=O) groups excluding carboxylic acids is 1. The van der Waals surface area contributed by atoms with Crippen molar-refractivity contribution in [2.75, 3.05) is 26.4 Å². The third kappa shape index (κ3) is 5.57. The third-order valence-electron chi connectivity index (χ3n) is 4.36. The molecular weight excluding hydrogens is 268 g/mol. The van der Waals surface area contributed by atoms with Gasteiger partial charge in [0.15, 0.2) is 0 Å². The van der Waals surface area contributed by atoms with E-state index in [1.54, 1.807) is 0 Å². The molecule has 2 rings (SSSR count). The molecule has 2 fully saturated rings. The van der Waals surface area contributed by atoms with Crippen molar-refractivity contribution in [2.24, 2.45) is 5.92 Å². The Hall–Kier alpha value is -0.650. The Morgan fingerprint density at radius 3 is 2.52 bits per heavy atom. The molecule has 2 heterocycles. The highest BCUT2D eigenvalue weighted by molar-refractivity contribution is 5.82. The Balaban J connectivity index is 1.77. The van der Waals surface area contributed by atoms with E-state index in [0.717, 1.165) is 45.5 Å². The summed E-state index contributed by atoms with van der Waals surface area (Å²) in [4.78, 5) is 12.4. The van der Waals surface area contributed by atoms with E-state index in [-0.39, 0.29) is 24.0 Å². The number of nitrogens with one attached hydrogen (secondary N) is 2. The molecule has 2 aliphatic rings. The Kier molecular flexibility index (Phi) is 6.93. The van der Waals surface area contributed by atoms with Crippen LogP contribution in [0.2, 0.25) is 0 Å². The van der Waals surface area contributed by atoms with E-state index in [0.29, 0.717) is 12.6 Å². The summed E-state index contributed by atoms with van der Waals surface area (Å²) < 4.78 is 11.0. The number of ether oxygens (including phenoxy) is 2. The van der Waals surface area contributed by atoms with E-state index in [4.69, 9.17) is 9.47 Å². The summed E-state index contributed by atoms with van der Waals surface area (Å²) in [7, 11) is 0. The van der Waals surface area contributed by atoms with Crippen LogP contribution in [0.15, 0.2) is 0 Å². The first-order chi connectivity index (χ1) is 10.2. The van der Waals surface area contributed by atoms with Gasteiger partial charge < -0.3 is 20.1 Å². The van der Waals surface area contributed by atoms with E-state index < -0.39 is 0 Å². The molecule has 0 aromatic carbocycles. The molecule has 0 aromatic rings. The highest BCUT2D eigenvalue weighted by atomic mass is 16.5. The molecule has 0 saturated carbocycles. The van der Waals surface area contributed by atoms with Gasteiger partial charge in [-0.3, -0.25) is 4.79 Å². The molecule has 5 nitrogen and oxygen atoms in total. The smallest absolute Gasteiger partial charge is 0.237 e. The molecule has 2 aliphatic heterocycles. The van der Waals surface area contributed by atoms with Gasteiger partial charge in [-0.1, -0.05) is 13.8 Å². The van der Waals surface area contributed by atoms with Crippen molar-refractivity contribution in [3.05, 3.63) is 0 Å². The molecule has 0 aromatic heterocycles. The van der Waals surface area contributed by atoms with Crippen LogP contribution in [0.3, 0.4) is 0 Å². The summed E-state index contributed by atoms with van der Waals surface area (Å²) in [6.45, 7) is 7.23. The van der Waals surface area contributed by atoms with Gasteiger partial charge >= 0.3 is 0 Å². The fourth-order valence-electron chi connectivity index (χ4n) is 2.98. The number of carbonyl (C=O) groups is 1. The van der Waals surface area contributed by atoms with E-state index in [1.165, 1.54) is 6.42 Å².